The number of amides is 1. The molecule has 20 heavy (non-hydrogen) atoms. The van der Waals surface area contributed by atoms with Gasteiger partial charge in [-0.1, -0.05) is 23.8 Å². The van der Waals surface area contributed by atoms with Crippen molar-refractivity contribution >= 4 is 11.6 Å². The third-order valence-electron chi connectivity index (χ3n) is 3.46. The minimum absolute atomic E-state index is 0.177. The molecule has 2 aromatic carbocycles. The molecule has 1 aliphatic rings. The molecule has 0 bridgehead atoms. The second kappa shape index (κ2) is 4.65. The van der Waals surface area contributed by atoms with Gasteiger partial charge in [-0.3, -0.25) is 4.79 Å². The van der Waals surface area contributed by atoms with E-state index in [4.69, 9.17) is 10.5 Å². The first-order chi connectivity index (χ1) is 9.54. The number of benzene rings is 2. The molecule has 102 valence electrons. The average molecular weight is 268 g/mol. The summed E-state index contributed by atoms with van der Waals surface area (Å²) >= 11 is 0. The second-order valence-electron chi connectivity index (χ2n) is 5.09. The van der Waals surface area contributed by atoms with Crippen LogP contribution in [0.15, 0.2) is 36.4 Å². The van der Waals surface area contributed by atoms with Crippen LogP contribution in [-0.2, 0) is 4.79 Å². The highest BCUT2D eigenvalue weighted by Crippen LogP contribution is 2.34. The molecule has 1 heterocycles. The van der Waals surface area contributed by atoms with Crippen molar-refractivity contribution in [3.05, 3.63) is 53.1 Å². The Kier molecular flexibility index (Phi) is 2.95. The number of fused-ring (bicyclic) bond motifs is 1. The predicted octanol–water partition coefficient (Wildman–Crippen LogP) is 3.05. The van der Waals surface area contributed by atoms with E-state index in [0.29, 0.717) is 5.75 Å². The fourth-order valence-electron chi connectivity index (χ4n) is 2.37. The molecule has 2 aromatic rings. The van der Waals surface area contributed by atoms with E-state index < -0.39 is 6.04 Å². The van der Waals surface area contributed by atoms with Crippen LogP contribution in [0.4, 0.5) is 5.69 Å². The summed E-state index contributed by atoms with van der Waals surface area (Å²) in [6.07, 6.45) is 0. The highest BCUT2D eigenvalue weighted by Gasteiger charge is 2.27. The summed E-state index contributed by atoms with van der Waals surface area (Å²) in [6, 6.07) is 10.9. The summed E-state index contributed by atoms with van der Waals surface area (Å²) in [7, 11) is 0. The zero-order valence-corrected chi connectivity index (χ0v) is 11.4. The van der Waals surface area contributed by atoms with Crippen LogP contribution in [0.2, 0.25) is 0 Å². The number of nitrogens with one attached hydrogen (secondary N) is 1. The van der Waals surface area contributed by atoms with Crippen LogP contribution in [0.1, 0.15) is 22.7 Å². The molecule has 1 unspecified atom stereocenters. The zero-order chi connectivity index (χ0) is 14.3. The van der Waals surface area contributed by atoms with Gasteiger partial charge in [0.15, 0.2) is 0 Å². The van der Waals surface area contributed by atoms with Crippen molar-refractivity contribution in [2.45, 2.75) is 19.9 Å². The molecular formula is C16H16N2O2. The maximum Gasteiger partial charge on any atom is 0.245 e. The Labute approximate surface area is 117 Å². The van der Waals surface area contributed by atoms with Gasteiger partial charge in [-0.15, -0.1) is 0 Å². The summed E-state index contributed by atoms with van der Waals surface area (Å²) in [5, 5.41) is 2.75. The fraction of sp³-hybridized carbons (Fsp3) is 0.188. The first kappa shape index (κ1) is 12.7. The lowest BCUT2D eigenvalue weighted by atomic mass is 10.1. The maximum absolute atomic E-state index is 11.5. The summed E-state index contributed by atoms with van der Waals surface area (Å²) < 4.78 is 5.87. The molecule has 0 saturated heterocycles. The van der Waals surface area contributed by atoms with Gasteiger partial charge in [0, 0.05) is 17.3 Å². The molecule has 3 N–H and O–H groups in total. The van der Waals surface area contributed by atoms with Crippen LogP contribution >= 0.6 is 0 Å². The highest BCUT2D eigenvalue weighted by molar-refractivity contribution is 6.02. The van der Waals surface area contributed by atoms with Crippen LogP contribution in [0.3, 0.4) is 0 Å². The SMILES string of the molecule is Cc1ccc(Oc2ccc3c(c2)NC(=O)C3N)c(C)c1. The standard InChI is InChI=1S/C16H16N2O2/c1-9-3-6-14(10(2)7-9)20-11-4-5-12-13(8-11)18-16(19)15(12)17/h3-8,15H,17H2,1-2H3,(H,18,19). The van der Waals surface area contributed by atoms with Gasteiger partial charge in [0.25, 0.3) is 0 Å². The molecule has 0 fully saturated rings. The third-order valence-corrected chi connectivity index (χ3v) is 3.46. The Balaban J connectivity index is 1.90. The topological polar surface area (TPSA) is 64.3 Å². The van der Waals surface area contributed by atoms with Crippen LogP contribution in [0.25, 0.3) is 0 Å². The molecule has 0 saturated carbocycles. The number of aryl methyl sites for hydroxylation is 2. The Morgan fingerprint density at radius 3 is 2.70 bits per heavy atom. The molecular weight excluding hydrogens is 252 g/mol. The Hall–Kier alpha value is -2.33. The van der Waals surface area contributed by atoms with Crippen molar-refractivity contribution in [3.63, 3.8) is 0 Å². The van der Waals surface area contributed by atoms with Gasteiger partial charge in [-0.2, -0.15) is 0 Å². The highest BCUT2D eigenvalue weighted by atomic mass is 16.5. The number of hydrogen-bond donors (Lipinski definition) is 2. The van der Waals surface area contributed by atoms with Crippen molar-refractivity contribution in [1.82, 2.24) is 0 Å². The van der Waals surface area contributed by atoms with Crippen molar-refractivity contribution in [2.24, 2.45) is 5.73 Å². The largest absolute Gasteiger partial charge is 0.457 e. The van der Waals surface area contributed by atoms with Gasteiger partial charge in [0.2, 0.25) is 5.91 Å². The summed E-state index contributed by atoms with van der Waals surface area (Å²) in [4.78, 5) is 11.5. The van der Waals surface area contributed by atoms with E-state index in [1.54, 1.807) is 6.07 Å². The number of carbonyl (C=O) groups is 1. The maximum atomic E-state index is 11.5. The van der Waals surface area contributed by atoms with E-state index in [0.717, 1.165) is 22.6 Å². The van der Waals surface area contributed by atoms with Gasteiger partial charge < -0.3 is 15.8 Å². The van der Waals surface area contributed by atoms with E-state index >= 15 is 0 Å². The summed E-state index contributed by atoms with van der Waals surface area (Å²) in [5.74, 6) is 1.32. The normalized spacial score (nSPS) is 16.8. The van der Waals surface area contributed by atoms with Crippen molar-refractivity contribution < 1.29 is 9.53 Å². The van der Waals surface area contributed by atoms with Gasteiger partial charge >= 0.3 is 0 Å². The minimum atomic E-state index is -0.583. The smallest absolute Gasteiger partial charge is 0.245 e. The van der Waals surface area contributed by atoms with E-state index in [9.17, 15) is 4.79 Å². The summed E-state index contributed by atoms with van der Waals surface area (Å²) in [5.41, 5.74) is 9.59. The van der Waals surface area contributed by atoms with E-state index in [2.05, 4.69) is 11.4 Å². The van der Waals surface area contributed by atoms with Gasteiger partial charge in [-0.25, -0.2) is 0 Å². The van der Waals surface area contributed by atoms with Crippen LogP contribution in [0.5, 0.6) is 11.5 Å². The summed E-state index contributed by atoms with van der Waals surface area (Å²) in [6.45, 7) is 4.05. The first-order valence-electron chi connectivity index (χ1n) is 6.50. The van der Waals surface area contributed by atoms with Gasteiger partial charge in [0.1, 0.15) is 17.5 Å². The van der Waals surface area contributed by atoms with Gasteiger partial charge in [-0.05, 0) is 31.5 Å². The molecule has 1 amide bonds. The fourth-order valence-corrected chi connectivity index (χ4v) is 2.37. The molecule has 1 atom stereocenters. The predicted molar refractivity (Wildman–Crippen MR) is 78.0 cm³/mol. The van der Waals surface area contributed by atoms with E-state index in [1.807, 2.05) is 38.1 Å². The lowest BCUT2D eigenvalue weighted by molar-refractivity contribution is -0.116. The third kappa shape index (κ3) is 2.14. The quantitative estimate of drug-likeness (QED) is 0.879. The van der Waals surface area contributed by atoms with Crippen molar-refractivity contribution in [2.75, 3.05) is 5.32 Å². The molecule has 0 radical (unpaired) electrons. The molecule has 0 spiro atoms. The minimum Gasteiger partial charge on any atom is -0.457 e. The molecule has 4 nitrogen and oxygen atoms in total. The second-order valence-corrected chi connectivity index (χ2v) is 5.09. The average Bonchev–Trinajstić information content (AvgIpc) is 2.68. The Morgan fingerprint density at radius 1 is 1.15 bits per heavy atom. The number of nitrogens with two attached hydrogens (primary N) is 1. The number of ether oxygens (including phenoxy) is 1. The number of anilines is 1. The van der Waals surface area contributed by atoms with E-state index in [-0.39, 0.29) is 5.91 Å². The van der Waals surface area contributed by atoms with Crippen LogP contribution < -0.4 is 15.8 Å². The van der Waals surface area contributed by atoms with Gasteiger partial charge in [0.05, 0.1) is 0 Å². The Bertz CT molecular complexity index is 695. The molecule has 0 aromatic heterocycles. The number of hydrogen-bond acceptors (Lipinski definition) is 3. The molecule has 4 heteroatoms. The molecule has 0 aliphatic carbocycles. The number of rotatable bonds is 2. The monoisotopic (exact) mass is 268 g/mol. The van der Waals surface area contributed by atoms with Crippen LogP contribution in [0, 0.1) is 13.8 Å². The van der Waals surface area contributed by atoms with Crippen LogP contribution in [-0.4, -0.2) is 5.91 Å². The zero-order valence-electron chi connectivity index (χ0n) is 11.4. The lowest BCUT2D eigenvalue weighted by Crippen LogP contribution is -2.19. The lowest BCUT2D eigenvalue weighted by Gasteiger charge is -2.10. The van der Waals surface area contributed by atoms with Crippen molar-refractivity contribution in [1.29, 1.82) is 0 Å². The molecule has 1 aliphatic heterocycles. The van der Waals surface area contributed by atoms with Crippen molar-refractivity contribution in [3.8, 4) is 11.5 Å². The number of carbonyl (C=O) groups excluding carboxylic acids is 1. The first-order valence-corrected chi connectivity index (χ1v) is 6.50. The molecule has 3 rings (SSSR count). The van der Waals surface area contributed by atoms with E-state index in [1.165, 1.54) is 5.56 Å². The Morgan fingerprint density at radius 2 is 1.95 bits per heavy atom.